The average molecular weight is 493 g/mol. The fraction of sp³-hybridized carbons (Fsp3) is 0.385. The summed E-state index contributed by atoms with van der Waals surface area (Å²) in [5, 5.41) is 8.16. The van der Waals surface area contributed by atoms with Crippen LogP contribution < -0.4 is 9.47 Å². The molecule has 1 saturated heterocycles. The molecule has 1 aliphatic carbocycles. The topological polar surface area (TPSA) is 95.8 Å². The summed E-state index contributed by atoms with van der Waals surface area (Å²) in [7, 11) is 0. The van der Waals surface area contributed by atoms with E-state index in [-0.39, 0.29) is 36.0 Å². The standard InChI is InChI=1S/C26H25FN4O5/c27-18-6-8-19(9-7-18)31-25(16-3-4-16)24(28-29-31)26(33)36-15-23(32)30-11-1-2-20(30)17-5-10-21-22(14-17)35-13-12-34-21/h5-10,14,16,20H,1-4,11-13,15H2. The molecule has 1 amide bonds. The van der Waals surface area contributed by atoms with Gasteiger partial charge in [0.15, 0.2) is 23.8 Å². The van der Waals surface area contributed by atoms with Crippen LogP contribution in [0.25, 0.3) is 5.69 Å². The van der Waals surface area contributed by atoms with Gasteiger partial charge in [0.1, 0.15) is 19.0 Å². The summed E-state index contributed by atoms with van der Waals surface area (Å²) in [6.07, 6.45) is 3.48. The highest BCUT2D eigenvalue weighted by Gasteiger charge is 2.36. The number of nitrogens with zero attached hydrogens (tertiary/aromatic N) is 4. The number of esters is 1. The van der Waals surface area contributed by atoms with E-state index in [1.54, 1.807) is 21.7 Å². The molecule has 0 spiro atoms. The average Bonchev–Trinajstić information content (AvgIpc) is 3.44. The third kappa shape index (κ3) is 4.27. The number of halogens is 1. The first kappa shape index (κ1) is 22.5. The molecule has 6 rings (SSSR count). The third-order valence-corrected chi connectivity index (χ3v) is 6.78. The maximum absolute atomic E-state index is 13.4. The highest BCUT2D eigenvalue weighted by molar-refractivity contribution is 5.91. The normalized spacial score (nSPS) is 18.8. The Labute approximate surface area is 206 Å². The van der Waals surface area contributed by atoms with Crippen LogP contribution in [-0.2, 0) is 9.53 Å². The number of aromatic nitrogens is 3. The third-order valence-electron chi connectivity index (χ3n) is 6.78. The predicted molar refractivity (Wildman–Crippen MR) is 125 cm³/mol. The Balaban J connectivity index is 1.15. The fourth-order valence-corrected chi connectivity index (χ4v) is 4.89. The Bertz CT molecular complexity index is 1300. The van der Waals surface area contributed by atoms with Crippen molar-refractivity contribution in [2.24, 2.45) is 0 Å². The van der Waals surface area contributed by atoms with Crippen LogP contribution in [0.3, 0.4) is 0 Å². The van der Waals surface area contributed by atoms with Crippen LogP contribution in [0.5, 0.6) is 11.5 Å². The van der Waals surface area contributed by atoms with Crippen LogP contribution in [-0.4, -0.2) is 58.1 Å². The molecule has 0 bridgehead atoms. The molecule has 9 nitrogen and oxygen atoms in total. The van der Waals surface area contributed by atoms with Gasteiger partial charge in [0.05, 0.1) is 17.4 Å². The Hall–Kier alpha value is -3.95. The van der Waals surface area contributed by atoms with Crippen LogP contribution >= 0.6 is 0 Å². The molecule has 2 fully saturated rings. The number of benzene rings is 2. The van der Waals surface area contributed by atoms with Gasteiger partial charge in [0, 0.05) is 12.5 Å². The summed E-state index contributed by atoms with van der Waals surface area (Å²) in [5.41, 5.74) is 2.31. The van der Waals surface area contributed by atoms with Gasteiger partial charge in [0.25, 0.3) is 5.91 Å². The molecule has 1 atom stereocenters. The molecule has 2 aliphatic heterocycles. The van der Waals surface area contributed by atoms with E-state index in [1.807, 2.05) is 18.2 Å². The van der Waals surface area contributed by atoms with Crippen LogP contribution in [0.2, 0.25) is 0 Å². The SMILES string of the molecule is O=C(OCC(=O)N1CCCC1c1ccc2c(c1)OCCO2)c1nnn(-c2ccc(F)cc2)c1C1CC1. The van der Waals surface area contributed by atoms with Crippen molar-refractivity contribution >= 4 is 11.9 Å². The predicted octanol–water partition coefficient (Wildman–Crippen LogP) is 3.58. The highest BCUT2D eigenvalue weighted by Crippen LogP contribution is 2.42. The number of fused-ring (bicyclic) bond motifs is 1. The van der Waals surface area contributed by atoms with Crippen LogP contribution in [0.4, 0.5) is 4.39 Å². The van der Waals surface area contributed by atoms with Gasteiger partial charge in [-0.3, -0.25) is 4.79 Å². The van der Waals surface area contributed by atoms with Crippen LogP contribution in [0.1, 0.15) is 59.4 Å². The van der Waals surface area contributed by atoms with Crippen molar-refractivity contribution in [2.45, 2.75) is 37.6 Å². The smallest absolute Gasteiger partial charge is 0.361 e. The number of ether oxygens (including phenoxy) is 3. The van der Waals surface area contributed by atoms with Crippen molar-refractivity contribution in [3.63, 3.8) is 0 Å². The second-order valence-electron chi connectivity index (χ2n) is 9.21. The van der Waals surface area contributed by atoms with Gasteiger partial charge in [-0.2, -0.15) is 0 Å². The van der Waals surface area contributed by atoms with Crippen LogP contribution in [0.15, 0.2) is 42.5 Å². The zero-order chi connectivity index (χ0) is 24.6. The number of hydrogen-bond donors (Lipinski definition) is 0. The minimum Gasteiger partial charge on any atom is -0.486 e. The Morgan fingerprint density at radius 1 is 1.03 bits per heavy atom. The first-order chi connectivity index (χ1) is 17.6. The van der Waals surface area contributed by atoms with E-state index < -0.39 is 5.97 Å². The molecule has 2 aromatic carbocycles. The minimum atomic E-state index is -0.686. The van der Waals surface area contributed by atoms with Gasteiger partial charge in [-0.15, -0.1) is 5.10 Å². The number of hydrogen-bond acceptors (Lipinski definition) is 7. The Morgan fingerprint density at radius 2 is 1.81 bits per heavy atom. The molecule has 0 radical (unpaired) electrons. The molecular formula is C26H25FN4O5. The van der Waals surface area contributed by atoms with Crippen molar-refractivity contribution in [1.82, 2.24) is 19.9 Å². The molecule has 3 aliphatic rings. The monoisotopic (exact) mass is 492 g/mol. The van der Waals surface area contributed by atoms with Gasteiger partial charge < -0.3 is 19.1 Å². The Morgan fingerprint density at radius 3 is 2.58 bits per heavy atom. The van der Waals surface area contributed by atoms with Crippen molar-refractivity contribution < 1.29 is 28.2 Å². The summed E-state index contributed by atoms with van der Waals surface area (Å²) in [5.74, 6) is 0.201. The van der Waals surface area contributed by atoms with E-state index in [0.717, 1.165) is 31.2 Å². The first-order valence-corrected chi connectivity index (χ1v) is 12.2. The largest absolute Gasteiger partial charge is 0.486 e. The minimum absolute atomic E-state index is 0.0967. The van der Waals surface area contributed by atoms with E-state index >= 15 is 0 Å². The lowest BCUT2D eigenvalue weighted by Gasteiger charge is -2.26. The van der Waals surface area contributed by atoms with Crippen molar-refractivity contribution in [2.75, 3.05) is 26.4 Å². The van der Waals surface area contributed by atoms with Gasteiger partial charge >= 0.3 is 5.97 Å². The lowest BCUT2D eigenvalue weighted by molar-refractivity contribution is -0.135. The van der Waals surface area contributed by atoms with Crippen molar-refractivity contribution in [1.29, 1.82) is 0 Å². The lowest BCUT2D eigenvalue weighted by atomic mass is 10.0. The first-order valence-electron chi connectivity index (χ1n) is 12.2. The molecule has 1 aromatic heterocycles. The number of likely N-dealkylation sites (tertiary alicyclic amines) is 1. The molecule has 10 heteroatoms. The quantitative estimate of drug-likeness (QED) is 0.486. The second-order valence-corrected chi connectivity index (χ2v) is 9.21. The maximum atomic E-state index is 13.4. The van der Waals surface area contributed by atoms with Gasteiger partial charge in [-0.25, -0.2) is 13.9 Å². The maximum Gasteiger partial charge on any atom is 0.361 e. The molecule has 1 saturated carbocycles. The van der Waals surface area contributed by atoms with Crippen molar-refractivity contribution in [3.05, 3.63) is 65.2 Å². The number of carbonyl (C=O) groups is 2. The van der Waals surface area contributed by atoms with Gasteiger partial charge in [0.2, 0.25) is 0 Å². The lowest BCUT2D eigenvalue weighted by Crippen LogP contribution is -2.34. The zero-order valence-electron chi connectivity index (χ0n) is 19.6. The van der Waals surface area contributed by atoms with Gasteiger partial charge in [-0.05, 0) is 67.6 Å². The summed E-state index contributed by atoms with van der Waals surface area (Å²) < 4.78 is 31.6. The molecule has 3 heterocycles. The molecule has 0 N–H and O–H groups in total. The number of carbonyl (C=O) groups excluding carboxylic acids is 2. The van der Waals surface area contributed by atoms with E-state index in [1.165, 1.54) is 12.1 Å². The molecular weight excluding hydrogens is 467 g/mol. The Kier molecular flexibility index (Phi) is 5.79. The summed E-state index contributed by atoms with van der Waals surface area (Å²) in [4.78, 5) is 27.7. The van der Waals surface area contributed by atoms with E-state index in [4.69, 9.17) is 14.2 Å². The zero-order valence-corrected chi connectivity index (χ0v) is 19.6. The molecule has 186 valence electrons. The van der Waals surface area contributed by atoms with Crippen LogP contribution in [0, 0.1) is 5.82 Å². The molecule has 3 aromatic rings. The second kappa shape index (κ2) is 9.25. The van der Waals surface area contributed by atoms with Gasteiger partial charge in [-0.1, -0.05) is 11.3 Å². The summed E-state index contributed by atoms with van der Waals surface area (Å²) in [6, 6.07) is 11.5. The van der Waals surface area contributed by atoms with Crippen molar-refractivity contribution in [3.8, 4) is 17.2 Å². The fourth-order valence-electron chi connectivity index (χ4n) is 4.89. The number of amides is 1. The molecule has 1 unspecified atom stereocenters. The highest BCUT2D eigenvalue weighted by atomic mass is 19.1. The molecule has 36 heavy (non-hydrogen) atoms. The summed E-state index contributed by atoms with van der Waals surface area (Å²) >= 11 is 0. The van der Waals surface area contributed by atoms with E-state index in [9.17, 15) is 14.0 Å². The number of rotatable bonds is 6. The van der Waals surface area contributed by atoms with E-state index in [2.05, 4.69) is 10.3 Å². The van der Waals surface area contributed by atoms with E-state index in [0.29, 0.717) is 42.6 Å². The summed E-state index contributed by atoms with van der Waals surface area (Å²) in [6.45, 7) is 1.22.